The molecule has 1 radical (unpaired) electrons. The average Bonchev–Trinajstić information content (AvgIpc) is 2.95. The number of amides is 1. The summed E-state index contributed by atoms with van der Waals surface area (Å²) in [5, 5.41) is 4.36. The smallest absolute Gasteiger partial charge is 0.341 e. The van der Waals surface area contributed by atoms with Crippen LogP contribution in [0.3, 0.4) is 0 Å². The van der Waals surface area contributed by atoms with Gasteiger partial charge in [0.05, 0.1) is 11.6 Å². The van der Waals surface area contributed by atoms with Gasteiger partial charge in [0.25, 0.3) is 0 Å². The molecule has 1 amide bonds. The van der Waals surface area contributed by atoms with E-state index in [9.17, 15) is 4.79 Å². The molecule has 89 valence electrons. The predicted molar refractivity (Wildman–Crippen MR) is 66.7 cm³/mol. The van der Waals surface area contributed by atoms with Crippen LogP contribution < -0.4 is 5.73 Å². The van der Waals surface area contributed by atoms with E-state index in [4.69, 9.17) is 10.2 Å². The first kappa shape index (κ1) is 11.0. The molecule has 0 aliphatic carbocycles. The molecule has 7 heteroatoms. The van der Waals surface area contributed by atoms with E-state index < -0.39 is 6.03 Å². The second kappa shape index (κ2) is 3.95. The first-order valence-electron chi connectivity index (χ1n) is 4.97. The number of hydrogen-bond acceptors (Lipinski definition) is 4. The van der Waals surface area contributed by atoms with Crippen molar-refractivity contribution >= 4 is 33.0 Å². The van der Waals surface area contributed by atoms with Crippen molar-refractivity contribution in [2.24, 2.45) is 5.73 Å². The Hall–Kier alpha value is -2.15. The number of hydrogen-bond donors (Lipinski definition) is 1. The summed E-state index contributed by atoms with van der Waals surface area (Å²) in [4.78, 5) is 15.5. The third-order valence-corrected chi connectivity index (χ3v) is 2.99. The predicted octanol–water partition coefficient (Wildman–Crippen LogP) is 2.18. The Morgan fingerprint density at radius 1 is 1.56 bits per heavy atom. The van der Waals surface area contributed by atoms with Crippen LogP contribution in [0.1, 0.15) is 0 Å². The van der Waals surface area contributed by atoms with E-state index in [2.05, 4.69) is 32.2 Å². The zero-order chi connectivity index (χ0) is 12.7. The summed E-state index contributed by atoms with van der Waals surface area (Å²) >= 11 is 3.39. The third kappa shape index (κ3) is 1.60. The molecule has 0 fully saturated rings. The number of rotatable bonds is 1. The van der Waals surface area contributed by atoms with Gasteiger partial charge in [0.2, 0.25) is 0 Å². The van der Waals surface area contributed by atoms with Crippen LogP contribution in [0.25, 0.3) is 22.5 Å². The van der Waals surface area contributed by atoms with Crippen LogP contribution in [0.4, 0.5) is 4.79 Å². The van der Waals surface area contributed by atoms with Gasteiger partial charge in [-0.2, -0.15) is 9.78 Å². The summed E-state index contributed by atoms with van der Waals surface area (Å²) in [5.74, 6) is 0.584. The van der Waals surface area contributed by atoms with Crippen molar-refractivity contribution < 1.29 is 9.21 Å². The summed E-state index contributed by atoms with van der Waals surface area (Å²) in [5.41, 5.74) is 6.12. The van der Waals surface area contributed by atoms with Gasteiger partial charge in [-0.25, -0.2) is 9.78 Å². The number of fused-ring (bicyclic) bond motifs is 1. The minimum absolute atomic E-state index is 0.345. The number of nitrogens with zero attached hydrogens (tertiary/aromatic N) is 3. The lowest BCUT2D eigenvalue weighted by atomic mass is 10.2. The van der Waals surface area contributed by atoms with Crippen molar-refractivity contribution in [3.8, 4) is 11.5 Å². The van der Waals surface area contributed by atoms with Crippen LogP contribution in [0.5, 0.6) is 0 Å². The number of pyridine rings is 1. The number of halogens is 1. The molecule has 3 aromatic heterocycles. The minimum Gasteiger partial charge on any atom is -0.463 e. The van der Waals surface area contributed by atoms with Gasteiger partial charge in [-0.15, -0.1) is 0 Å². The Labute approximate surface area is 110 Å². The topological polar surface area (TPSA) is 86.9 Å². The second-order valence-corrected chi connectivity index (χ2v) is 4.38. The van der Waals surface area contributed by atoms with E-state index in [1.165, 1.54) is 0 Å². The molecule has 6 nitrogen and oxygen atoms in total. The van der Waals surface area contributed by atoms with Gasteiger partial charge in [-0.3, -0.25) is 0 Å². The molecule has 0 spiro atoms. The molecule has 0 saturated carbocycles. The van der Waals surface area contributed by atoms with Crippen molar-refractivity contribution in [3.05, 3.63) is 35.1 Å². The maximum absolute atomic E-state index is 11.2. The first-order chi connectivity index (χ1) is 8.66. The number of furan rings is 1. The number of carbonyl (C=O) groups is 1. The van der Waals surface area contributed by atoms with Crippen molar-refractivity contribution in [2.75, 3.05) is 0 Å². The van der Waals surface area contributed by atoms with Crippen molar-refractivity contribution in [2.45, 2.75) is 0 Å². The van der Waals surface area contributed by atoms with E-state index in [0.717, 1.165) is 9.15 Å². The Balaban J connectivity index is 2.30. The average molecular weight is 306 g/mol. The molecule has 0 aromatic carbocycles. The Morgan fingerprint density at radius 3 is 3.06 bits per heavy atom. The van der Waals surface area contributed by atoms with Crippen LogP contribution in [0.2, 0.25) is 0 Å². The molecule has 0 saturated heterocycles. The molecule has 18 heavy (non-hydrogen) atoms. The number of nitrogens with two attached hydrogens (primary N) is 1. The van der Waals surface area contributed by atoms with Crippen LogP contribution in [0.15, 0.2) is 33.4 Å². The lowest BCUT2D eigenvalue weighted by Gasteiger charge is -2.02. The molecule has 0 bridgehead atoms. The fourth-order valence-corrected chi connectivity index (χ4v) is 2.13. The van der Waals surface area contributed by atoms with E-state index in [1.54, 1.807) is 24.5 Å². The first-order valence-corrected chi connectivity index (χ1v) is 5.77. The fourth-order valence-electron chi connectivity index (χ4n) is 1.61. The Kier molecular flexibility index (Phi) is 2.41. The highest BCUT2D eigenvalue weighted by Crippen LogP contribution is 2.29. The Bertz CT molecular complexity index is 733. The lowest BCUT2D eigenvalue weighted by Crippen LogP contribution is -2.21. The summed E-state index contributed by atoms with van der Waals surface area (Å²) in [6.07, 6.45) is 4.22. The van der Waals surface area contributed by atoms with E-state index in [1.807, 2.05) is 0 Å². The maximum Gasteiger partial charge on any atom is 0.341 e. The summed E-state index contributed by atoms with van der Waals surface area (Å²) < 4.78 is 7.00. The quantitative estimate of drug-likeness (QED) is 0.746. The van der Waals surface area contributed by atoms with Gasteiger partial charge in [-0.1, -0.05) is 0 Å². The van der Waals surface area contributed by atoms with Gasteiger partial charge >= 0.3 is 6.03 Å². The fraction of sp³-hybridized carbons (Fsp3) is 0. The molecule has 0 atom stereocenters. The largest absolute Gasteiger partial charge is 0.463 e. The molecular weight excluding hydrogens is 300 g/mol. The number of primary amides is 1. The second-order valence-electron chi connectivity index (χ2n) is 3.53. The van der Waals surface area contributed by atoms with Gasteiger partial charge in [-0.05, 0) is 34.1 Å². The Morgan fingerprint density at radius 2 is 2.39 bits per heavy atom. The van der Waals surface area contributed by atoms with Crippen molar-refractivity contribution in [1.29, 1.82) is 0 Å². The van der Waals surface area contributed by atoms with Gasteiger partial charge in [0.15, 0.2) is 11.4 Å². The van der Waals surface area contributed by atoms with Crippen LogP contribution >= 0.6 is 15.9 Å². The minimum atomic E-state index is -0.707. The number of aromatic nitrogens is 3. The van der Waals surface area contributed by atoms with Gasteiger partial charge in [0, 0.05) is 4.47 Å². The summed E-state index contributed by atoms with van der Waals surface area (Å²) in [7, 11) is 0. The van der Waals surface area contributed by atoms with E-state index in [0.29, 0.717) is 22.5 Å². The molecule has 0 unspecified atom stereocenters. The van der Waals surface area contributed by atoms with Crippen LogP contribution in [-0.2, 0) is 0 Å². The lowest BCUT2D eigenvalue weighted by molar-refractivity contribution is 0.248. The summed E-state index contributed by atoms with van der Waals surface area (Å²) in [6, 6.07) is 4.58. The molecule has 0 aliphatic heterocycles. The highest BCUT2D eigenvalue weighted by Gasteiger charge is 2.15. The van der Waals surface area contributed by atoms with E-state index in [-0.39, 0.29) is 0 Å². The molecule has 0 aliphatic rings. The van der Waals surface area contributed by atoms with Crippen LogP contribution in [0, 0.1) is 6.20 Å². The summed E-state index contributed by atoms with van der Waals surface area (Å²) in [6.45, 7) is 0. The van der Waals surface area contributed by atoms with Gasteiger partial charge < -0.3 is 10.2 Å². The molecule has 3 aromatic rings. The SMILES string of the molecule is NC(=O)n1n[c]c2cc(Br)c(-c3ccco3)nc21. The monoisotopic (exact) mass is 305 g/mol. The molecule has 3 heterocycles. The molecule has 2 N–H and O–H groups in total. The maximum atomic E-state index is 11.2. The van der Waals surface area contributed by atoms with E-state index >= 15 is 0 Å². The standard InChI is InChI=1S/C11H6BrN4O2/c12-7-4-6-5-14-16(11(13)17)10(6)15-9(7)8-2-1-3-18-8/h1-4H,(H2,13,17). The third-order valence-electron chi connectivity index (χ3n) is 2.39. The molecule has 3 rings (SSSR count). The van der Waals surface area contributed by atoms with Gasteiger partial charge in [0.1, 0.15) is 11.9 Å². The molecular formula is C11H6BrN4O2. The highest BCUT2D eigenvalue weighted by atomic mass is 79.9. The number of carbonyl (C=O) groups excluding carboxylic acids is 1. The normalized spacial score (nSPS) is 10.9. The highest BCUT2D eigenvalue weighted by molar-refractivity contribution is 9.10. The van der Waals surface area contributed by atoms with Crippen molar-refractivity contribution in [3.63, 3.8) is 0 Å². The zero-order valence-corrected chi connectivity index (χ0v) is 10.5. The van der Waals surface area contributed by atoms with Crippen LogP contribution in [-0.4, -0.2) is 20.8 Å². The van der Waals surface area contributed by atoms with Crippen molar-refractivity contribution in [1.82, 2.24) is 14.8 Å². The zero-order valence-electron chi connectivity index (χ0n) is 8.92.